The van der Waals surface area contributed by atoms with E-state index in [0.717, 1.165) is 32.5 Å². The van der Waals surface area contributed by atoms with Crippen molar-refractivity contribution in [3.8, 4) is 17.1 Å². The van der Waals surface area contributed by atoms with Gasteiger partial charge < -0.3 is 5.73 Å². The summed E-state index contributed by atoms with van der Waals surface area (Å²) < 4.78 is 3.16. The van der Waals surface area contributed by atoms with Gasteiger partial charge in [-0.1, -0.05) is 70.2 Å². The maximum atomic E-state index is 5.97. The van der Waals surface area contributed by atoms with Crippen LogP contribution in [-0.2, 0) is 5.75 Å². The van der Waals surface area contributed by atoms with Gasteiger partial charge >= 0.3 is 0 Å². The normalized spacial score (nSPS) is 10.9. The van der Waals surface area contributed by atoms with E-state index in [-0.39, 0.29) is 0 Å². The van der Waals surface area contributed by atoms with Crippen LogP contribution in [0.15, 0.2) is 88.5 Å². The number of hydrogen-bond acceptors (Lipinski definition) is 4. The van der Waals surface area contributed by atoms with Crippen LogP contribution in [0, 0.1) is 0 Å². The molecule has 0 aliphatic rings. The van der Waals surface area contributed by atoms with E-state index < -0.39 is 0 Å². The molecule has 27 heavy (non-hydrogen) atoms. The van der Waals surface area contributed by atoms with Gasteiger partial charge in [0.05, 0.1) is 0 Å². The first-order valence-electron chi connectivity index (χ1n) is 8.45. The molecule has 0 spiro atoms. The Morgan fingerprint density at radius 1 is 0.889 bits per heavy atom. The van der Waals surface area contributed by atoms with Crippen LogP contribution in [0.1, 0.15) is 5.56 Å². The molecule has 0 aliphatic heterocycles. The number of nitrogens with two attached hydrogens (primary N) is 1. The molecule has 0 radical (unpaired) electrons. The monoisotopic (exact) mass is 436 g/mol. The van der Waals surface area contributed by atoms with Gasteiger partial charge in [-0.05, 0) is 42.0 Å². The lowest BCUT2D eigenvalue weighted by atomic mass is 10.2. The molecule has 0 atom stereocenters. The Labute approximate surface area is 170 Å². The van der Waals surface area contributed by atoms with Gasteiger partial charge in [0.2, 0.25) is 0 Å². The van der Waals surface area contributed by atoms with E-state index in [0.29, 0.717) is 5.69 Å². The van der Waals surface area contributed by atoms with Crippen LogP contribution in [0.3, 0.4) is 0 Å². The van der Waals surface area contributed by atoms with Crippen LogP contribution in [0.4, 0.5) is 5.69 Å². The highest BCUT2D eigenvalue weighted by atomic mass is 79.9. The molecule has 134 valence electrons. The second-order valence-corrected chi connectivity index (χ2v) is 7.88. The lowest BCUT2D eigenvalue weighted by Crippen LogP contribution is -2.00. The smallest absolute Gasteiger partial charge is 0.196 e. The van der Waals surface area contributed by atoms with Gasteiger partial charge in [-0.15, -0.1) is 10.2 Å². The minimum atomic E-state index is 0.707. The molecule has 6 heteroatoms. The molecule has 0 amide bonds. The van der Waals surface area contributed by atoms with E-state index in [4.69, 9.17) is 5.73 Å². The van der Waals surface area contributed by atoms with E-state index in [1.807, 2.05) is 54.6 Å². The number of benzene rings is 3. The van der Waals surface area contributed by atoms with Gasteiger partial charge in [0.1, 0.15) is 0 Å². The van der Waals surface area contributed by atoms with E-state index in [2.05, 4.69) is 55.0 Å². The Morgan fingerprint density at radius 3 is 2.48 bits per heavy atom. The predicted octanol–water partition coefficient (Wildman–Crippen LogP) is 5.57. The second-order valence-electron chi connectivity index (χ2n) is 6.02. The molecule has 3 aromatic carbocycles. The number of hydrogen-bond donors (Lipinski definition) is 1. The Morgan fingerprint density at radius 2 is 1.70 bits per heavy atom. The molecule has 4 aromatic rings. The van der Waals surface area contributed by atoms with Crippen LogP contribution in [0.25, 0.3) is 17.1 Å². The van der Waals surface area contributed by atoms with Crippen molar-refractivity contribution in [1.29, 1.82) is 0 Å². The first-order valence-corrected chi connectivity index (χ1v) is 10.2. The highest BCUT2D eigenvalue weighted by Gasteiger charge is 2.16. The molecule has 0 saturated heterocycles. The lowest BCUT2D eigenvalue weighted by Gasteiger charge is -2.10. The fraction of sp³-hybridized carbons (Fsp3) is 0.0476. The lowest BCUT2D eigenvalue weighted by molar-refractivity contribution is 0.886. The maximum Gasteiger partial charge on any atom is 0.196 e. The summed E-state index contributed by atoms with van der Waals surface area (Å²) in [6.45, 7) is 0. The summed E-state index contributed by atoms with van der Waals surface area (Å²) >= 11 is 5.19. The molecular formula is C21H17BrN4S. The Bertz CT molecular complexity index is 1060. The minimum Gasteiger partial charge on any atom is -0.399 e. The molecule has 4 rings (SSSR count). The van der Waals surface area contributed by atoms with Crippen LogP contribution in [-0.4, -0.2) is 14.8 Å². The number of anilines is 1. The number of aromatic nitrogens is 3. The van der Waals surface area contributed by atoms with Gasteiger partial charge in [-0.25, -0.2) is 0 Å². The van der Waals surface area contributed by atoms with Gasteiger partial charge in [0.15, 0.2) is 11.0 Å². The van der Waals surface area contributed by atoms with Crippen molar-refractivity contribution in [2.24, 2.45) is 0 Å². The SMILES string of the molecule is Nc1cccc(-c2nnc(SCc3cccc(Br)c3)n2-c2ccccc2)c1. The maximum absolute atomic E-state index is 5.97. The summed E-state index contributed by atoms with van der Waals surface area (Å²) in [5.74, 6) is 1.59. The number of para-hydroxylation sites is 1. The summed E-state index contributed by atoms with van der Waals surface area (Å²) in [4.78, 5) is 0. The average molecular weight is 437 g/mol. The van der Waals surface area contributed by atoms with Crippen LogP contribution in [0.5, 0.6) is 0 Å². The Hall–Kier alpha value is -2.57. The number of thioether (sulfide) groups is 1. The van der Waals surface area contributed by atoms with Crippen molar-refractivity contribution in [2.45, 2.75) is 10.9 Å². The topological polar surface area (TPSA) is 56.7 Å². The molecule has 0 fully saturated rings. The second kappa shape index (κ2) is 7.98. The quantitative estimate of drug-likeness (QED) is 0.328. The van der Waals surface area contributed by atoms with E-state index in [1.54, 1.807) is 11.8 Å². The molecule has 0 aliphatic carbocycles. The van der Waals surface area contributed by atoms with Crippen molar-refractivity contribution in [3.05, 3.63) is 88.9 Å². The molecule has 0 unspecified atom stereocenters. The zero-order valence-corrected chi connectivity index (χ0v) is 16.8. The van der Waals surface area contributed by atoms with Crippen LogP contribution < -0.4 is 5.73 Å². The average Bonchev–Trinajstić information content (AvgIpc) is 3.11. The highest BCUT2D eigenvalue weighted by Crippen LogP contribution is 2.30. The summed E-state index contributed by atoms with van der Waals surface area (Å²) in [5.41, 5.74) is 9.87. The molecule has 0 saturated carbocycles. The predicted molar refractivity (Wildman–Crippen MR) is 115 cm³/mol. The van der Waals surface area contributed by atoms with E-state index >= 15 is 0 Å². The third-order valence-electron chi connectivity index (χ3n) is 4.05. The van der Waals surface area contributed by atoms with Crippen LogP contribution in [0.2, 0.25) is 0 Å². The zero-order chi connectivity index (χ0) is 18.6. The summed E-state index contributed by atoms with van der Waals surface area (Å²) in [6.07, 6.45) is 0. The van der Waals surface area contributed by atoms with Crippen molar-refractivity contribution in [1.82, 2.24) is 14.8 Å². The van der Waals surface area contributed by atoms with E-state index in [9.17, 15) is 0 Å². The van der Waals surface area contributed by atoms with Crippen molar-refractivity contribution < 1.29 is 0 Å². The van der Waals surface area contributed by atoms with Crippen molar-refractivity contribution in [2.75, 3.05) is 5.73 Å². The first-order chi connectivity index (χ1) is 13.2. The zero-order valence-electron chi connectivity index (χ0n) is 14.4. The fourth-order valence-electron chi connectivity index (χ4n) is 2.81. The largest absolute Gasteiger partial charge is 0.399 e. The molecule has 1 heterocycles. The Kier molecular flexibility index (Phi) is 5.27. The molecule has 0 bridgehead atoms. The van der Waals surface area contributed by atoms with E-state index in [1.165, 1.54) is 5.56 Å². The van der Waals surface area contributed by atoms with Gasteiger partial charge in [0, 0.05) is 27.2 Å². The van der Waals surface area contributed by atoms with Crippen molar-refractivity contribution in [3.63, 3.8) is 0 Å². The number of rotatable bonds is 5. The summed E-state index contributed by atoms with van der Waals surface area (Å²) in [7, 11) is 0. The standard InChI is InChI=1S/C21H17BrN4S/c22-17-8-4-6-15(12-17)14-27-21-25-24-20(16-7-5-9-18(23)13-16)26(21)19-10-2-1-3-11-19/h1-13H,14,23H2. The van der Waals surface area contributed by atoms with Crippen LogP contribution >= 0.6 is 27.7 Å². The first kappa shape index (κ1) is 17.8. The number of halogens is 1. The third kappa shape index (κ3) is 4.07. The number of nitrogens with zero attached hydrogens (tertiary/aromatic N) is 3. The van der Waals surface area contributed by atoms with Gasteiger partial charge in [-0.3, -0.25) is 4.57 Å². The summed E-state index contributed by atoms with van der Waals surface area (Å²) in [5, 5.41) is 9.77. The fourth-order valence-corrected chi connectivity index (χ4v) is 4.15. The van der Waals surface area contributed by atoms with Gasteiger partial charge in [-0.2, -0.15) is 0 Å². The van der Waals surface area contributed by atoms with Crippen molar-refractivity contribution >= 4 is 33.4 Å². The Balaban J connectivity index is 1.73. The summed E-state index contributed by atoms with van der Waals surface area (Å²) in [6, 6.07) is 26.2. The third-order valence-corrected chi connectivity index (χ3v) is 5.54. The molecular weight excluding hydrogens is 420 g/mol. The molecule has 1 aromatic heterocycles. The molecule has 2 N–H and O–H groups in total. The molecule has 4 nitrogen and oxygen atoms in total. The van der Waals surface area contributed by atoms with Gasteiger partial charge in [0.25, 0.3) is 0 Å². The minimum absolute atomic E-state index is 0.707. The highest BCUT2D eigenvalue weighted by molar-refractivity contribution is 9.10. The number of nitrogen functional groups attached to an aromatic ring is 1.